The topological polar surface area (TPSA) is 107 Å². The Kier molecular flexibility index (Phi) is 5.69. The molecule has 1 fully saturated rings. The monoisotopic (exact) mass is 552 g/mol. The minimum Gasteiger partial charge on any atom is -0.368 e. The molecule has 0 spiro atoms. The molecule has 0 bridgehead atoms. The van der Waals surface area contributed by atoms with Crippen molar-refractivity contribution in [2.24, 2.45) is 18.7 Å². The largest absolute Gasteiger partial charge is 0.368 e. The second-order valence-electron chi connectivity index (χ2n) is 10.6. The average Bonchev–Trinajstić information content (AvgIpc) is 3.59. The summed E-state index contributed by atoms with van der Waals surface area (Å²) in [4.78, 5) is 28.1. The van der Waals surface area contributed by atoms with Crippen molar-refractivity contribution in [1.82, 2.24) is 9.13 Å². The van der Waals surface area contributed by atoms with Gasteiger partial charge in [-0.05, 0) is 48.6 Å². The Balaban J connectivity index is 1.75. The van der Waals surface area contributed by atoms with Crippen LogP contribution < -0.4 is 16.2 Å². The number of pyridine rings is 1. The number of benzene rings is 2. The number of rotatable bonds is 6. The van der Waals surface area contributed by atoms with Gasteiger partial charge in [-0.15, -0.1) is 0 Å². The molecule has 2 aliphatic rings. The van der Waals surface area contributed by atoms with Gasteiger partial charge in [0.25, 0.3) is 5.56 Å². The number of hydrogen-bond acceptors (Lipinski definition) is 5. The van der Waals surface area contributed by atoms with Gasteiger partial charge >= 0.3 is 0 Å². The second-order valence-corrected chi connectivity index (χ2v) is 12.7. The van der Waals surface area contributed by atoms with Crippen molar-refractivity contribution in [3.63, 3.8) is 0 Å². The van der Waals surface area contributed by atoms with E-state index in [0.29, 0.717) is 51.3 Å². The summed E-state index contributed by atoms with van der Waals surface area (Å²) in [6, 6.07) is 6.70. The van der Waals surface area contributed by atoms with Crippen molar-refractivity contribution < 1.29 is 22.0 Å². The van der Waals surface area contributed by atoms with Gasteiger partial charge in [-0.3, -0.25) is 9.59 Å². The SMILES string of the molecule is Cn1cc2c3c(cn(CC4CC4)c3c1=O)C(C(N)=O)N(c1ccc(F)cc1F)c1ccc(CS(C)(=O)=O)cc1-2. The van der Waals surface area contributed by atoms with E-state index in [1.54, 1.807) is 37.6 Å². The lowest BCUT2D eigenvalue weighted by Gasteiger charge is -2.32. The molecule has 39 heavy (non-hydrogen) atoms. The van der Waals surface area contributed by atoms with Crippen molar-refractivity contribution in [3.05, 3.63) is 81.9 Å². The number of hydrogen-bond donors (Lipinski definition) is 1. The van der Waals surface area contributed by atoms with Crippen LogP contribution in [0.4, 0.5) is 20.2 Å². The summed E-state index contributed by atoms with van der Waals surface area (Å²) in [7, 11) is -1.77. The number of carbonyl (C=O) groups excluding carboxylic acids is 1. The quantitative estimate of drug-likeness (QED) is 0.390. The van der Waals surface area contributed by atoms with Gasteiger partial charge in [0.05, 0.1) is 17.1 Å². The zero-order valence-corrected chi connectivity index (χ0v) is 22.1. The lowest BCUT2D eigenvalue weighted by Crippen LogP contribution is -2.35. The Bertz CT molecular complexity index is 1860. The molecule has 1 aliphatic heterocycles. The van der Waals surface area contributed by atoms with Gasteiger partial charge in [0.1, 0.15) is 23.2 Å². The minimum atomic E-state index is -3.39. The van der Waals surface area contributed by atoms with E-state index >= 15 is 4.39 Å². The number of carbonyl (C=O) groups is 1. The fourth-order valence-electron chi connectivity index (χ4n) is 5.61. The number of aromatic nitrogens is 2. The first-order chi connectivity index (χ1) is 18.4. The van der Waals surface area contributed by atoms with Gasteiger partial charge in [0, 0.05) is 60.4 Å². The van der Waals surface area contributed by atoms with Crippen LogP contribution in [-0.2, 0) is 34.0 Å². The van der Waals surface area contributed by atoms with Crippen LogP contribution in [-0.4, -0.2) is 29.7 Å². The molecule has 1 aliphatic carbocycles. The average molecular weight is 553 g/mol. The number of aryl methyl sites for hydroxylation is 1. The van der Waals surface area contributed by atoms with Gasteiger partial charge in [-0.25, -0.2) is 17.2 Å². The summed E-state index contributed by atoms with van der Waals surface area (Å²) in [5.74, 6) is -2.31. The molecule has 2 aromatic heterocycles. The molecule has 1 amide bonds. The first-order valence-electron chi connectivity index (χ1n) is 12.5. The summed E-state index contributed by atoms with van der Waals surface area (Å²) < 4.78 is 56.8. The third-order valence-electron chi connectivity index (χ3n) is 7.41. The smallest absolute Gasteiger partial charge is 0.274 e. The number of nitrogens with two attached hydrogens (primary N) is 1. The predicted octanol–water partition coefficient (Wildman–Crippen LogP) is 3.92. The van der Waals surface area contributed by atoms with E-state index in [9.17, 15) is 22.4 Å². The number of fused-ring (bicyclic) bond motifs is 2. The maximum Gasteiger partial charge on any atom is 0.274 e. The van der Waals surface area contributed by atoms with E-state index in [2.05, 4.69) is 0 Å². The van der Waals surface area contributed by atoms with Crippen LogP contribution in [0.1, 0.15) is 30.0 Å². The molecule has 3 heterocycles. The Morgan fingerprint density at radius 3 is 2.41 bits per heavy atom. The maximum absolute atomic E-state index is 15.4. The van der Waals surface area contributed by atoms with E-state index in [1.807, 2.05) is 4.57 Å². The maximum atomic E-state index is 15.4. The van der Waals surface area contributed by atoms with E-state index in [-0.39, 0.29) is 17.0 Å². The van der Waals surface area contributed by atoms with Gasteiger partial charge in [-0.1, -0.05) is 6.07 Å². The van der Waals surface area contributed by atoms with Crippen LogP contribution in [0.2, 0.25) is 0 Å². The molecule has 2 N–H and O–H groups in total. The lowest BCUT2D eigenvalue weighted by molar-refractivity contribution is -0.119. The molecule has 202 valence electrons. The fourth-order valence-corrected chi connectivity index (χ4v) is 6.40. The third-order valence-corrected chi connectivity index (χ3v) is 8.26. The van der Waals surface area contributed by atoms with Crippen molar-refractivity contribution in [2.45, 2.75) is 31.2 Å². The van der Waals surface area contributed by atoms with E-state index < -0.39 is 33.4 Å². The van der Waals surface area contributed by atoms with Crippen LogP contribution in [0, 0.1) is 17.6 Å². The lowest BCUT2D eigenvalue weighted by atomic mass is 9.98. The van der Waals surface area contributed by atoms with Gasteiger partial charge in [0.2, 0.25) is 5.91 Å². The van der Waals surface area contributed by atoms with E-state index in [4.69, 9.17) is 5.73 Å². The van der Waals surface area contributed by atoms with Crippen molar-refractivity contribution in [3.8, 4) is 11.1 Å². The number of sulfone groups is 1. The minimum absolute atomic E-state index is 0.0834. The Labute approximate surface area is 223 Å². The predicted molar refractivity (Wildman–Crippen MR) is 144 cm³/mol. The highest BCUT2D eigenvalue weighted by Gasteiger charge is 2.38. The summed E-state index contributed by atoms with van der Waals surface area (Å²) in [5.41, 5.74) is 8.38. The van der Waals surface area contributed by atoms with Crippen LogP contribution in [0.5, 0.6) is 0 Å². The zero-order valence-electron chi connectivity index (χ0n) is 21.3. The van der Waals surface area contributed by atoms with Gasteiger partial charge in [-0.2, -0.15) is 0 Å². The van der Waals surface area contributed by atoms with Crippen molar-refractivity contribution in [2.75, 3.05) is 11.2 Å². The molecule has 4 aromatic rings. The zero-order chi connectivity index (χ0) is 27.8. The van der Waals surface area contributed by atoms with Gasteiger partial charge < -0.3 is 19.8 Å². The number of anilines is 2. The van der Waals surface area contributed by atoms with Crippen LogP contribution in [0.3, 0.4) is 0 Å². The fraction of sp³-hybridized carbons (Fsp3) is 0.286. The van der Waals surface area contributed by atoms with Crippen LogP contribution >= 0.6 is 0 Å². The summed E-state index contributed by atoms with van der Waals surface area (Å²) in [6.07, 6.45) is 6.56. The summed E-state index contributed by atoms with van der Waals surface area (Å²) >= 11 is 0. The summed E-state index contributed by atoms with van der Waals surface area (Å²) in [6.45, 7) is 0.576. The Morgan fingerprint density at radius 1 is 1.05 bits per heavy atom. The van der Waals surface area contributed by atoms with E-state index in [0.717, 1.165) is 31.2 Å². The normalized spacial score (nSPS) is 16.8. The van der Waals surface area contributed by atoms with Crippen molar-refractivity contribution in [1.29, 1.82) is 0 Å². The highest BCUT2D eigenvalue weighted by Crippen LogP contribution is 2.49. The van der Waals surface area contributed by atoms with Crippen molar-refractivity contribution >= 4 is 38.0 Å². The first-order valence-corrected chi connectivity index (χ1v) is 14.6. The molecule has 0 radical (unpaired) electrons. The molecular formula is C28H26F2N4O4S. The Hall–Kier alpha value is -3.99. The molecular weight excluding hydrogens is 526 g/mol. The Morgan fingerprint density at radius 2 is 1.77 bits per heavy atom. The number of amides is 1. The molecule has 1 unspecified atom stereocenters. The van der Waals surface area contributed by atoms with E-state index in [1.165, 1.54) is 15.5 Å². The molecule has 11 heteroatoms. The van der Waals surface area contributed by atoms with Crippen LogP contribution in [0.25, 0.3) is 22.0 Å². The molecule has 6 rings (SSSR count). The molecule has 1 saturated carbocycles. The van der Waals surface area contributed by atoms with Gasteiger partial charge in [0.15, 0.2) is 9.84 Å². The third kappa shape index (κ3) is 4.30. The number of primary amides is 1. The number of nitrogens with zero attached hydrogens (tertiary/aromatic N) is 3. The number of halogens is 2. The second kappa shape index (κ2) is 8.77. The molecule has 0 saturated heterocycles. The molecule has 2 aromatic carbocycles. The standard InChI is InChI=1S/C28H26F2N4O4S/c1-32-12-19-18-9-16(14-39(2,37)38)5-7-22(18)34(23-8-6-17(29)10-21(23)30)25(27(31)35)20-13-33(11-15-3-4-15)26(24(19)20)28(32)36/h5-10,12-13,15,25H,3-4,11,14H2,1-2H3,(H2,31,35). The molecule has 8 nitrogen and oxygen atoms in total. The summed E-state index contributed by atoms with van der Waals surface area (Å²) in [5, 5.41) is 0.505. The molecule has 1 atom stereocenters. The first kappa shape index (κ1) is 25.3. The highest BCUT2D eigenvalue weighted by molar-refractivity contribution is 7.89. The highest BCUT2D eigenvalue weighted by atomic mass is 32.2. The van der Waals surface area contributed by atoms with Crippen LogP contribution in [0.15, 0.2) is 53.6 Å².